The molecule has 24 heteroatoms. The van der Waals surface area contributed by atoms with E-state index in [0.29, 0.717) is 96.8 Å². The summed E-state index contributed by atoms with van der Waals surface area (Å²) in [7, 11) is 2.13. The van der Waals surface area contributed by atoms with Gasteiger partial charge in [0.05, 0.1) is 43.7 Å². The predicted molar refractivity (Wildman–Crippen MR) is 356 cm³/mol. The molecule has 486 valence electrons. The zero-order chi connectivity index (χ0) is 65.4. The van der Waals surface area contributed by atoms with Crippen LogP contribution in [0.4, 0.5) is 36.8 Å². The van der Waals surface area contributed by atoms with E-state index in [4.69, 9.17) is 25.6 Å². The van der Waals surface area contributed by atoms with Crippen LogP contribution in [0.25, 0.3) is 33.8 Å². The van der Waals surface area contributed by atoms with E-state index in [9.17, 15) is 18.0 Å². The van der Waals surface area contributed by atoms with Gasteiger partial charge >= 0.3 is 0 Å². The van der Waals surface area contributed by atoms with Crippen LogP contribution in [0.1, 0.15) is 117 Å². The van der Waals surface area contributed by atoms with Gasteiger partial charge in [-0.15, -0.1) is 6.42 Å². The molecule has 0 unspecified atom stereocenters. The van der Waals surface area contributed by atoms with Gasteiger partial charge in [0.15, 0.2) is 11.4 Å². The highest BCUT2D eigenvalue weighted by molar-refractivity contribution is 5.94. The summed E-state index contributed by atoms with van der Waals surface area (Å²) < 4.78 is 67.7. The number of nitrogens with one attached hydrogen (secondary N) is 3. The molecular weight excluding hydrogens is 1210 g/mol. The highest BCUT2D eigenvalue weighted by atomic mass is 19.1. The number of Topliss-reactive ketones (excluding diaryl/α,β-unsaturated/α-hetero) is 1. The Labute approximate surface area is 546 Å². The van der Waals surface area contributed by atoms with Crippen molar-refractivity contribution in [2.45, 2.75) is 105 Å². The van der Waals surface area contributed by atoms with Crippen LogP contribution >= 0.6 is 0 Å². The Bertz CT molecular complexity index is 4790. The van der Waals surface area contributed by atoms with Gasteiger partial charge in [-0.25, -0.2) is 53.0 Å². The van der Waals surface area contributed by atoms with E-state index >= 15 is 0 Å². The Morgan fingerprint density at radius 2 is 1.15 bits per heavy atom. The molecule has 1 aliphatic carbocycles. The average molecular weight is 1280 g/mol. The number of anilines is 4. The number of fused-ring (bicyclic) bond motifs is 6. The molecule has 1 saturated heterocycles. The van der Waals surface area contributed by atoms with Gasteiger partial charge in [-0.3, -0.25) is 18.0 Å². The van der Waals surface area contributed by atoms with Gasteiger partial charge in [-0.1, -0.05) is 19.3 Å². The Balaban J connectivity index is 0.000000125. The molecule has 8 aromatic heterocycles. The predicted octanol–water partition coefficient (Wildman–Crippen LogP) is 11.4. The van der Waals surface area contributed by atoms with E-state index in [0.717, 1.165) is 142 Å². The minimum Gasteiger partial charge on any atom is -0.493 e. The van der Waals surface area contributed by atoms with Crippen molar-refractivity contribution in [1.29, 1.82) is 0 Å². The number of ketones is 1. The molecule has 16 rings (SSSR count). The van der Waals surface area contributed by atoms with Crippen LogP contribution in [0.15, 0.2) is 98.2 Å². The lowest BCUT2D eigenvalue weighted by Crippen LogP contribution is -2.44. The third kappa shape index (κ3) is 12.5. The molecule has 0 amide bonds. The second-order valence-electron chi connectivity index (χ2n) is 24.6. The number of nitrogens with zero attached hydrogens (tertiary/aromatic N) is 14. The molecular formula is C71H72F3N17O4. The van der Waals surface area contributed by atoms with Crippen LogP contribution in [-0.4, -0.2) is 121 Å². The number of benzene rings is 3. The number of carbonyl (C=O) groups is 1. The van der Waals surface area contributed by atoms with Gasteiger partial charge in [0.2, 0.25) is 17.8 Å². The summed E-state index contributed by atoms with van der Waals surface area (Å²) >= 11 is 0. The van der Waals surface area contributed by atoms with E-state index in [1.807, 2.05) is 71.1 Å². The molecule has 0 bridgehead atoms. The smallest absolute Gasteiger partial charge is 0.209 e. The number of likely N-dealkylation sites (N-methyl/N-ethyl adjacent to an activating group) is 1. The number of aryl methyl sites for hydroxylation is 3. The number of piperazine rings is 1. The Kier molecular flexibility index (Phi) is 17.2. The van der Waals surface area contributed by atoms with Crippen LogP contribution in [0.2, 0.25) is 0 Å². The summed E-state index contributed by atoms with van der Waals surface area (Å²) in [6.45, 7) is 13.8. The largest absolute Gasteiger partial charge is 0.493 e. The lowest BCUT2D eigenvalue weighted by molar-refractivity contribution is 0.101. The minimum absolute atomic E-state index is 0.144. The first-order chi connectivity index (χ1) is 46.2. The first-order valence-electron chi connectivity index (χ1n) is 32.2. The summed E-state index contributed by atoms with van der Waals surface area (Å²) in [6.07, 6.45) is 28.3. The molecule has 3 aromatic carbocycles. The first kappa shape index (κ1) is 61.9. The highest BCUT2D eigenvalue weighted by Gasteiger charge is 2.27. The molecule has 12 heterocycles. The topological polar surface area (TPSA) is 209 Å². The molecule has 1 saturated carbocycles. The van der Waals surface area contributed by atoms with Crippen molar-refractivity contribution >= 4 is 46.4 Å². The third-order valence-electron chi connectivity index (χ3n) is 18.4. The van der Waals surface area contributed by atoms with Gasteiger partial charge in [-0.05, 0) is 101 Å². The monoisotopic (exact) mass is 1280 g/mol. The second-order valence-corrected chi connectivity index (χ2v) is 24.6. The van der Waals surface area contributed by atoms with Gasteiger partial charge in [0, 0.05) is 165 Å². The lowest BCUT2D eigenvalue weighted by Gasteiger charge is -2.33. The number of rotatable bonds is 14. The summed E-state index contributed by atoms with van der Waals surface area (Å²) in [4.78, 5) is 53.8. The van der Waals surface area contributed by atoms with E-state index in [-0.39, 0.29) is 29.8 Å². The molecule has 5 aliphatic rings. The summed E-state index contributed by atoms with van der Waals surface area (Å²) in [5, 5.41) is 9.81. The number of imidazole rings is 4. The Morgan fingerprint density at radius 1 is 0.589 bits per heavy atom. The zero-order valence-electron chi connectivity index (χ0n) is 53.6. The van der Waals surface area contributed by atoms with Crippen LogP contribution in [0.5, 0.6) is 17.2 Å². The van der Waals surface area contributed by atoms with Crippen LogP contribution < -0.4 is 35.1 Å². The molecule has 2 fully saturated rings. The summed E-state index contributed by atoms with van der Waals surface area (Å²) in [5.41, 5.74) is 14.0. The molecule has 0 spiro atoms. The number of hydrogen-bond donors (Lipinski definition) is 3. The quantitative estimate of drug-likeness (QED) is 0.0683. The highest BCUT2D eigenvalue weighted by Crippen LogP contribution is 2.38. The fraction of sp³-hybridized carbons (Fsp3) is 0.338. The SMILES string of the molecule is C#Cc1cn2c(NCc3c(F)ccc4c3CCO4)ncc(C3CCCCC3)c2n1.CC(=O)c1cn2c(NCc3c(F)ccc4c3CCO4)ncc(-c3ccc(N4CCN(C)CC4)nc3C)c2n1.Cc1cn(-c2cnc(NCc3c(F)ccc4c3CCO4)n3cc(C)nc23)cn1. The van der Waals surface area contributed by atoms with E-state index in [2.05, 4.69) is 73.6 Å². The van der Waals surface area contributed by atoms with Crippen molar-refractivity contribution in [3.05, 3.63) is 183 Å². The standard InChI is InChI=1S/C28H30FN7O2.C23H23FN4O.C20H19FN6O/c1-17-19(4-7-26(32-17)35-11-9-34(3)10-12-35)22-15-31-28(36-16-24(18(2)37)33-27(22)36)30-14-21-20-8-13-38-25(20)6-5-23(21)29;1-2-16-14-28-22(27-16)18(15-6-4-3-5-7-15)12-25-23(28)26-13-19-17-10-11-29-21(17)9-8-20(19)24;1-12-9-26(11-24-12)17-8-23-20(27-10-13(2)25-19(17)27)22-7-15-14-5-6-28-18(14)4-3-16(15)21/h4-7,15-16H,8-14H2,1-3H3,(H,30,31);1,8-9,12,14-15H,3-7,10-11,13H2,(H,25,26);3-4,8-11H,5-7H2,1-2H3,(H,22,23). The van der Waals surface area contributed by atoms with Crippen LogP contribution in [-0.2, 0) is 38.9 Å². The Hall–Kier alpha value is -10.5. The summed E-state index contributed by atoms with van der Waals surface area (Å²) in [6, 6.07) is 13.5. The number of ether oxygens (including phenoxy) is 3. The minimum atomic E-state index is -0.285. The zero-order valence-corrected chi connectivity index (χ0v) is 53.6. The molecule has 3 N–H and O–H groups in total. The number of aromatic nitrogens is 12. The van der Waals surface area contributed by atoms with E-state index in [1.54, 1.807) is 47.5 Å². The second kappa shape index (κ2) is 26.5. The maximum absolute atomic E-state index is 14.7. The van der Waals surface area contributed by atoms with Crippen molar-refractivity contribution in [3.8, 4) is 46.4 Å². The van der Waals surface area contributed by atoms with Gasteiger partial charge in [-0.2, -0.15) is 0 Å². The van der Waals surface area contributed by atoms with Crippen LogP contribution in [0.3, 0.4) is 0 Å². The summed E-state index contributed by atoms with van der Waals surface area (Å²) in [5.74, 6) is 7.10. The van der Waals surface area contributed by atoms with Gasteiger partial charge in [0.1, 0.15) is 68.9 Å². The third-order valence-corrected chi connectivity index (χ3v) is 18.4. The molecule has 0 atom stereocenters. The lowest BCUT2D eigenvalue weighted by atomic mass is 9.85. The van der Waals surface area contributed by atoms with Crippen molar-refractivity contribution in [3.63, 3.8) is 0 Å². The fourth-order valence-corrected chi connectivity index (χ4v) is 13.4. The van der Waals surface area contributed by atoms with E-state index in [1.165, 1.54) is 44.4 Å². The van der Waals surface area contributed by atoms with Crippen molar-refractivity contribution in [2.24, 2.45) is 0 Å². The maximum atomic E-state index is 14.7. The molecule has 4 aliphatic heterocycles. The fourth-order valence-electron chi connectivity index (χ4n) is 13.4. The number of carbonyl (C=O) groups excluding carboxylic acids is 1. The molecule has 0 radical (unpaired) electrons. The van der Waals surface area contributed by atoms with E-state index < -0.39 is 0 Å². The maximum Gasteiger partial charge on any atom is 0.209 e. The molecule has 11 aromatic rings. The molecule has 21 nitrogen and oxygen atoms in total. The van der Waals surface area contributed by atoms with Crippen molar-refractivity contribution in [2.75, 3.05) is 73.9 Å². The van der Waals surface area contributed by atoms with Crippen LogP contribution in [0, 0.1) is 50.6 Å². The first-order valence-corrected chi connectivity index (χ1v) is 32.2. The van der Waals surface area contributed by atoms with Gasteiger partial charge in [0.25, 0.3) is 0 Å². The van der Waals surface area contributed by atoms with Gasteiger partial charge < -0.3 is 44.5 Å². The Morgan fingerprint density at radius 3 is 1.69 bits per heavy atom. The normalized spacial score (nSPS) is 15.0. The molecule has 95 heavy (non-hydrogen) atoms. The number of halogens is 3. The number of hydrogen-bond acceptors (Lipinski definition) is 17. The number of terminal acetylenes is 1. The average Bonchev–Trinajstić information content (AvgIpc) is 1.73. The van der Waals surface area contributed by atoms with Crippen molar-refractivity contribution in [1.82, 2.24) is 62.5 Å². The van der Waals surface area contributed by atoms with Crippen molar-refractivity contribution < 1.29 is 32.2 Å². The number of pyridine rings is 1.